The first-order valence-electron chi connectivity index (χ1n) is 21.6. The van der Waals surface area contributed by atoms with E-state index in [2.05, 4.69) is 32.8 Å². The van der Waals surface area contributed by atoms with Gasteiger partial charge in [-0.3, -0.25) is 34.1 Å². The maximum absolute atomic E-state index is 15.2. The first kappa shape index (κ1) is 42.5. The minimum absolute atomic E-state index is 0.00270. The number of carbonyl (C=O) groups is 4. The lowest BCUT2D eigenvalue weighted by Crippen LogP contribution is -2.62. The first-order chi connectivity index (χ1) is 30.7. The fourth-order valence-electron chi connectivity index (χ4n) is 9.96. The van der Waals surface area contributed by atoms with Gasteiger partial charge >= 0.3 is 0 Å². The Labute approximate surface area is 367 Å². The van der Waals surface area contributed by atoms with Gasteiger partial charge in [-0.05, 0) is 88.4 Å². The topological polar surface area (TPSA) is 205 Å². The van der Waals surface area contributed by atoms with Crippen LogP contribution in [0.3, 0.4) is 0 Å². The van der Waals surface area contributed by atoms with Gasteiger partial charge in [0.15, 0.2) is 0 Å². The summed E-state index contributed by atoms with van der Waals surface area (Å²) >= 11 is 0. The zero-order valence-electron chi connectivity index (χ0n) is 35.4. The van der Waals surface area contributed by atoms with Crippen molar-refractivity contribution in [1.29, 1.82) is 10.5 Å². The number of piperidine rings is 1. The molecule has 4 aliphatic rings. The Morgan fingerprint density at radius 2 is 1.70 bits per heavy atom. The van der Waals surface area contributed by atoms with Gasteiger partial charge in [-0.15, -0.1) is 0 Å². The molecule has 9 rings (SSSR count). The van der Waals surface area contributed by atoms with Gasteiger partial charge in [-0.25, -0.2) is 13.3 Å². The lowest BCUT2D eigenvalue weighted by molar-refractivity contribution is -0.140. The Bertz CT molecular complexity index is 2760. The van der Waals surface area contributed by atoms with E-state index >= 15 is 8.78 Å². The summed E-state index contributed by atoms with van der Waals surface area (Å²) < 4.78 is 33.8. The molecule has 2 aromatic carbocycles. The average molecular weight is 872 g/mol. The molecule has 3 aromatic heterocycles. The Morgan fingerprint density at radius 1 is 0.969 bits per heavy atom. The molecule has 4 amide bonds. The normalized spacial score (nSPS) is 22.2. The second-order valence-electron chi connectivity index (χ2n) is 17.9. The van der Waals surface area contributed by atoms with E-state index < -0.39 is 40.9 Å². The number of halogens is 2. The van der Waals surface area contributed by atoms with Crippen LogP contribution in [0.4, 0.5) is 20.2 Å². The molecule has 4 fully saturated rings. The Balaban J connectivity index is 0.814. The highest BCUT2D eigenvalue weighted by atomic mass is 19.1. The van der Waals surface area contributed by atoms with Crippen molar-refractivity contribution in [2.24, 2.45) is 5.92 Å². The molecule has 6 heterocycles. The van der Waals surface area contributed by atoms with Gasteiger partial charge < -0.3 is 20.2 Å². The number of fused-ring (bicyclic) bond motifs is 2. The van der Waals surface area contributed by atoms with E-state index in [4.69, 9.17) is 5.10 Å². The van der Waals surface area contributed by atoms with Crippen molar-refractivity contribution < 1.29 is 33.1 Å². The molecule has 0 bridgehead atoms. The largest absolute Gasteiger partial charge is 0.386 e. The van der Waals surface area contributed by atoms with Gasteiger partial charge in [-0.1, -0.05) is 0 Å². The minimum atomic E-state index is -1.30. The summed E-state index contributed by atoms with van der Waals surface area (Å²) in [5, 5.41) is 45.3. The molecule has 0 unspecified atom stereocenters. The van der Waals surface area contributed by atoms with Crippen molar-refractivity contribution in [2.75, 3.05) is 42.9 Å². The lowest BCUT2D eigenvalue weighted by Gasteiger charge is -2.48. The van der Waals surface area contributed by atoms with Gasteiger partial charge in [0.1, 0.15) is 23.4 Å². The summed E-state index contributed by atoms with van der Waals surface area (Å²) in [6, 6.07) is 15.5. The maximum Gasteiger partial charge on any atom is 0.274 e. The maximum atomic E-state index is 15.2. The molecule has 1 aliphatic carbocycles. The van der Waals surface area contributed by atoms with E-state index in [0.29, 0.717) is 47.5 Å². The summed E-state index contributed by atoms with van der Waals surface area (Å²) in [6.45, 7) is 5.42. The molecule has 330 valence electrons. The lowest BCUT2D eigenvalue weighted by atomic mass is 9.88. The van der Waals surface area contributed by atoms with E-state index in [0.717, 1.165) is 31.1 Å². The smallest absolute Gasteiger partial charge is 0.274 e. The van der Waals surface area contributed by atoms with E-state index in [1.807, 2.05) is 21.8 Å². The Hall–Kier alpha value is -6.76. The number of nitrogens with one attached hydrogen (secondary N) is 2. The molecule has 3 saturated heterocycles. The second-order valence-corrected chi connectivity index (χ2v) is 17.9. The minimum Gasteiger partial charge on any atom is -0.386 e. The first-order valence-corrected chi connectivity index (χ1v) is 21.6. The standard InChI is InChI=1S/C46H47F2N11O5/c1-46(2,64)35-19-38-27(16-39(35)52-44(62)40-9-7-31-15-26(20-50)21-51-59(31)40)24-58(54-38)30-5-3-29(4-6-30)57-14-13-55(25-32(57)11-12-49)45(63)28-22-56(23-28)33-17-36(47)42(37(48)18-33)34-8-10-41(60)53-43(34)61/h7,9,15-19,21,24,28-30,32,34,64H,3-6,8,10-11,13-14,22-23,25H2,1-2H3,(H,52,62)(H,53,60,61)/t29?,30?,32-,34+/m0/s1. The quantitative estimate of drug-likeness (QED) is 0.170. The van der Waals surface area contributed by atoms with Gasteiger partial charge in [0, 0.05) is 85.3 Å². The summed E-state index contributed by atoms with van der Waals surface area (Å²) in [4.78, 5) is 57.0. The molecule has 3 N–H and O–H groups in total. The molecule has 1 saturated carbocycles. The van der Waals surface area contributed by atoms with Crippen molar-refractivity contribution in [3.63, 3.8) is 0 Å². The van der Waals surface area contributed by atoms with Gasteiger partial charge in [0.25, 0.3) is 5.91 Å². The summed E-state index contributed by atoms with van der Waals surface area (Å²) in [7, 11) is 0. The van der Waals surface area contributed by atoms with Crippen molar-refractivity contribution >= 4 is 51.4 Å². The van der Waals surface area contributed by atoms with Gasteiger partial charge in [0.05, 0.1) is 58.8 Å². The van der Waals surface area contributed by atoms with Crippen LogP contribution in [-0.2, 0) is 20.0 Å². The third-order valence-corrected chi connectivity index (χ3v) is 13.4. The van der Waals surface area contributed by atoms with E-state index in [1.165, 1.54) is 22.8 Å². The number of nitriles is 2. The van der Waals surface area contributed by atoms with Crippen LogP contribution in [0.1, 0.15) is 97.9 Å². The molecule has 0 spiro atoms. The molecular weight excluding hydrogens is 825 g/mol. The van der Waals surface area contributed by atoms with E-state index in [9.17, 15) is 34.8 Å². The molecule has 5 aromatic rings. The van der Waals surface area contributed by atoms with Crippen LogP contribution in [0.15, 0.2) is 54.9 Å². The number of carbonyl (C=O) groups excluding carboxylic acids is 4. The number of imide groups is 1. The summed E-state index contributed by atoms with van der Waals surface area (Å²) in [5.41, 5.74) is 1.51. The summed E-state index contributed by atoms with van der Waals surface area (Å²) in [5.74, 6) is -4.83. The number of hydrogen-bond acceptors (Lipinski definition) is 11. The van der Waals surface area contributed by atoms with Crippen LogP contribution < -0.4 is 15.5 Å². The Kier molecular flexibility index (Phi) is 11.1. The van der Waals surface area contributed by atoms with Gasteiger partial charge in [0.2, 0.25) is 17.7 Å². The van der Waals surface area contributed by atoms with Crippen LogP contribution in [-0.4, -0.2) is 103 Å². The van der Waals surface area contributed by atoms with Crippen molar-refractivity contribution in [2.45, 2.75) is 88.4 Å². The number of piperazine rings is 1. The number of amides is 4. The van der Waals surface area contributed by atoms with Crippen LogP contribution >= 0.6 is 0 Å². The molecular formula is C46H47F2N11O5. The van der Waals surface area contributed by atoms with E-state index in [-0.39, 0.29) is 79.2 Å². The van der Waals surface area contributed by atoms with E-state index in [1.54, 1.807) is 43.0 Å². The van der Waals surface area contributed by atoms with Crippen molar-refractivity contribution in [3.8, 4) is 12.1 Å². The highest BCUT2D eigenvalue weighted by Crippen LogP contribution is 2.38. The molecule has 0 radical (unpaired) electrons. The predicted molar refractivity (Wildman–Crippen MR) is 229 cm³/mol. The van der Waals surface area contributed by atoms with Crippen LogP contribution in [0.25, 0.3) is 16.4 Å². The molecule has 64 heavy (non-hydrogen) atoms. The van der Waals surface area contributed by atoms with Crippen molar-refractivity contribution in [1.82, 2.24) is 34.5 Å². The van der Waals surface area contributed by atoms with Gasteiger partial charge in [-0.2, -0.15) is 20.7 Å². The third kappa shape index (κ3) is 8.03. The highest BCUT2D eigenvalue weighted by Gasteiger charge is 2.41. The predicted octanol–water partition coefficient (Wildman–Crippen LogP) is 4.88. The molecule has 2 atom stereocenters. The molecule has 3 aliphatic heterocycles. The number of aliphatic hydroxyl groups is 1. The average Bonchev–Trinajstić information content (AvgIpc) is 3.87. The second kappa shape index (κ2) is 16.7. The zero-order valence-corrected chi connectivity index (χ0v) is 35.4. The number of rotatable bonds is 9. The van der Waals surface area contributed by atoms with Crippen LogP contribution in [0, 0.1) is 40.2 Å². The number of nitrogens with zero attached hydrogens (tertiary/aromatic N) is 9. The number of aromatic nitrogens is 4. The monoisotopic (exact) mass is 871 g/mol. The summed E-state index contributed by atoms with van der Waals surface area (Å²) in [6.07, 6.45) is 7.09. The Morgan fingerprint density at radius 3 is 2.39 bits per heavy atom. The number of benzene rings is 2. The molecule has 18 heteroatoms. The fraction of sp³-hybridized carbons (Fsp3) is 0.435. The molecule has 16 nitrogen and oxygen atoms in total. The van der Waals surface area contributed by atoms with Crippen molar-refractivity contribution in [3.05, 3.63) is 88.9 Å². The van der Waals surface area contributed by atoms with Crippen LogP contribution in [0.5, 0.6) is 0 Å². The number of hydrogen-bond donors (Lipinski definition) is 3. The zero-order chi connectivity index (χ0) is 45.0. The number of anilines is 2. The SMILES string of the molecule is CC(C)(O)c1cc2nn(C3CCC(N4CCN(C(=O)C5CN(c6cc(F)c([C@H]7CCC(=O)NC7=O)c(F)c6)C5)C[C@@H]4CC#N)CC3)cc2cc1NC(=O)c1ccc2cc(C#N)cnn12. The fourth-order valence-corrected chi connectivity index (χ4v) is 9.96. The third-order valence-electron chi connectivity index (χ3n) is 13.4. The highest BCUT2D eigenvalue weighted by molar-refractivity contribution is 6.05. The van der Waals surface area contributed by atoms with Crippen LogP contribution in [0.2, 0.25) is 0 Å².